The van der Waals surface area contributed by atoms with Crippen molar-refractivity contribution in [1.29, 1.82) is 0 Å². The number of carbonyl (C=O) groups is 1. The molecule has 1 aliphatic carbocycles. The fourth-order valence-corrected chi connectivity index (χ4v) is 3.26. The predicted octanol–water partition coefficient (Wildman–Crippen LogP) is 3.57. The van der Waals surface area contributed by atoms with E-state index in [0.29, 0.717) is 31.3 Å². The SMILES string of the molecule is CCC1(CC)C(=O)CC1c1ccc(OCCOC)cc1. The van der Waals surface area contributed by atoms with E-state index < -0.39 is 0 Å². The molecule has 1 saturated carbocycles. The number of hydrogen-bond donors (Lipinski definition) is 0. The molecule has 0 heterocycles. The van der Waals surface area contributed by atoms with Crippen LogP contribution in [0, 0.1) is 5.41 Å². The van der Waals surface area contributed by atoms with Gasteiger partial charge in [-0.3, -0.25) is 4.79 Å². The minimum absolute atomic E-state index is 0.127. The Bertz CT molecular complexity index is 446. The van der Waals surface area contributed by atoms with Gasteiger partial charge in [-0.05, 0) is 30.5 Å². The second kappa shape index (κ2) is 6.40. The first-order valence-electron chi connectivity index (χ1n) is 7.43. The van der Waals surface area contributed by atoms with Gasteiger partial charge in [0.1, 0.15) is 18.1 Å². The van der Waals surface area contributed by atoms with E-state index in [1.54, 1.807) is 7.11 Å². The van der Waals surface area contributed by atoms with Gasteiger partial charge in [0.05, 0.1) is 6.61 Å². The highest BCUT2D eigenvalue weighted by molar-refractivity contribution is 5.93. The first-order chi connectivity index (χ1) is 9.67. The van der Waals surface area contributed by atoms with Crippen molar-refractivity contribution in [1.82, 2.24) is 0 Å². The zero-order chi connectivity index (χ0) is 14.6. The van der Waals surface area contributed by atoms with Crippen molar-refractivity contribution in [3.05, 3.63) is 29.8 Å². The van der Waals surface area contributed by atoms with Crippen LogP contribution in [-0.4, -0.2) is 26.1 Å². The van der Waals surface area contributed by atoms with E-state index in [9.17, 15) is 4.79 Å². The molecule has 110 valence electrons. The van der Waals surface area contributed by atoms with Crippen LogP contribution in [0.4, 0.5) is 0 Å². The zero-order valence-corrected chi connectivity index (χ0v) is 12.6. The number of benzene rings is 1. The Morgan fingerprint density at radius 3 is 2.30 bits per heavy atom. The molecule has 0 saturated heterocycles. The largest absolute Gasteiger partial charge is 0.491 e. The Kier molecular flexibility index (Phi) is 4.81. The van der Waals surface area contributed by atoms with E-state index >= 15 is 0 Å². The lowest BCUT2D eigenvalue weighted by Crippen LogP contribution is -2.47. The van der Waals surface area contributed by atoms with Crippen molar-refractivity contribution in [2.75, 3.05) is 20.3 Å². The molecule has 0 bridgehead atoms. The Balaban J connectivity index is 2.05. The number of hydrogen-bond acceptors (Lipinski definition) is 3. The quantitative estimate of drug-likeness (QED) is 0.714. The molecule has 1 aliphatic rings. The van der Waals surface area contributed by atoms with Gasteiger partial charge >= 0.3 is 0 Å². The summed E-state index contributed by atoms with van der Waals surface area (Å²) in [5, 5.41) is 0. The summed E-state index contributed by atoms with van der Waals surface area (Å²) >= 11 is 0. The third-order valence-corrected chi connectivity index (χ3v) is 4.71. The number of methoxy groups -OCH3 is 1. The summed E-state index contributed by atoms with van der Waals surface area (Å²) in [7, 11) is 1.66. The topological polar surface area (TPSA) is 35.5 Å². The molecule has 2 rings (SSSR count). The molecule has 1 atom stereocenters. The number of carbonyl (C=O) groups excluding carboxylic acids is 1. The fourth-order valence-electron chi connectivity index (χ4n) is 3.26. The molecule has 0 aromatic heterocycles. The minimum atomic E-state index is -0.127. The molecule has 3 heteroatoms. The smallest absolute Gasteiger partial charge is 0.140 e. The van der Waals surface area contributed by atoms with Crippen molar-refractivity contribution < 1.29 is 14.3 Å². The molecular formula is C17H24O3. The summed E-state index contributed by atoms with van der Waals surface area (Å²) in [6, 6.07) is 8.17. The molecule has 0 aliphatic heterocycles. The van der Waals surface area contributed by atoms with Crippen LogP contribution in [0.25, 0.3) is 0 Å². The maximum atomic E-state index is 12.0. The van der Waals surface area contributed by atoms with Gasteiger partial charge in [0.25, 0.3) is 0 Å². The third kappa shape index (κ3) is 2.59. The molecule has 0 amide bonds. The van der Waals surface area contributed by atoms with Crippen LogP contribution in [0.1, 0.15) is 44.6 Å². The van der Waals surface area contributed by atoms with Gasteiger partial charge in [-0.2, -0.15) is 0 Å². The Labute approximate surface area is 121 Å². The number of rotatable bonds is 7. The highest BCUT2D eigenvalue weighted by atomic mass is 16.5. The van der Waals surface area contributed by atoms with Crippen molar-refractivity contribution in [3.63, 3.8) is 0 Å². The summed E-state index contributed by atoms with van der Waals surface area (Å²) in [4.78, 5) is 12.0. The molecule has 3 nitrogen and oxygen atoms in total. The van der Waals surface area contributed by atoms with Crippen LogP contribution in [0.2, 0.25) is 0 Å². The van der Waals surface area contributed by atoms with Crippen LogP contribution >= 0.6 is 0 Å². The van der Waals surface area contributed by atoms with Gasteiger partial charge in [0.2, 0.25) is 0 Å². The van der Waals surface area contributed by atoms with Gasteiger partial charge in [-0.25, -0.2) is 0 Å². The van der Waals surface area contributed by atoms with Crippen LogP contribution < -0.4 is 4.74 Å². The first-order valence-corrected chi connectivity index (χ1v) is 7.43. The first kappa shape index (κ1) is 15.0. The summed E-state index contributed by atoms with van der Waals surface area (Å²) < 4.78 is 10.5. The minimum Gasteiger partial charge on any atom is -0.491 e. The van der Waals surface area contributed by atoms with E-state index in [1.165, 1.54) is 5.56 Å². The number of ketones is 1. The molecule has 1 fully saturated rings. The average Bonchev–Trinajstić information content (AvgIpc) is 2.47. The highest BCUT2D eigenvalue weighted by Gasteiger charge is 2.52. The summed E-state index contributed by atoms with van der Waals surface area (Å²) in [5.74, 6) is 1.65. The van der Waals surface area contributed by atoms with E-state index in [2.05, 4.69) is 26.0 Å². The molecule has 0 radical (unpaired) electrons. The normalized spacial score (nSPS) is 20.6. The van der Waals surface area contributed by atoms with Crippen molar-refractivity contribution >= 4 is 5.78 Å². The van der Waals surface area contributed by atoms with Crippen molar-refractivity contribution in [2.45, 2.75) is 39.0 Å². The van der Waals surface area contributed by atoms with E-state index in [0.717, 1.165) is 18.6 Å². The van der Waals surface area contributed by atoms with Gasteiger partial charge in [0, 0.05) is 24.9 Å². The second-order valence-electron chi connectivity index (χ2n) is 5.45. The van der Waals surface area contributed by atoms with Crippen LogP contribution in [0.5, 0.6) is 5.75 Å². The zero-order valence-electron chi connectivity index (χ0n) is 12.6. The average molecular weight is 276 g/mol. The van der Waals surface area contributed by atoms with E-state index in [4.69, 9.17) is 9.47 Å². The summed E-state index contributed by atoms with van der Waals surface area (Å²) in [5.41, 5.74) is 1.13. The van der Waals surface area contributed by atoms with Crippen LogP contribution in [0.15, 0.2) is 24.3 Å². The standard InChI is InChI=1S/C17H24O3/c1-4-17(5-2)15(12-16(17)18)13-6-8-14(9-7-13)20-11-10-19-3/h6-9,15H,4-5,10-12H2,1-3H3. The van der Waals surface area contributed by atoms with Crippen molar-refractivity contribution in [2.24, 2.45) is 5.41 Å². The van der Waals surface area contributed by atoms with Crippen LogP contribution in [0.3, 0.4) is 0 Å². The molecule has 1 unspecified atom stereocenters. The Morgan fingerprint density at radius 1 is 1.15 bits per heavy atom. The second-order valence-corrected chi connectivity index (χ2v) is 5.45. The van der Waals surface area contributed by atoms with Gasteiger partial charge < -0.3 is 9.47 Å². The van der Waals surface area contributed by atoms with E-state index in [1.807, 2.05) is 12.1 Å². The van der Waals surface area contributed by atoms with Gasteiger partial charge in [0.15, 0.2) is 0 Å². The molecule has 1 aromatic carbocycles. The third-order valence-electron chi connectivity index (χ3n) is 4.71. The summed E-state index contributed by atoms with van der Waals surface area (Å²) in [6.45, 7) is 5.39. The molecule has 1 aromatic rings. The number of ether oxygens (including phenoxy) is 2. The van der Waals surface area contributed by atoms with Gasteiger partial charge in [-0.1, -0.05) is 26.0 Å². The molecule has 0 spiro atoms. The molecular weight excluding hydrogens is 252 g/mol. The lowest BCUT2D eigenvalue weighted by molar-refractivity contribution is -0.141. The monoisotopic (exact) mass is 276 g/mol. The maximum Gasteiger partial charge on any atom is 0.140 e. The Morgan fingerprint density at radius 2 is 1.80 bits per heavy atom. The Hall–Kier alpha value is -1.35. The van der Waals surface area contributed by atoms with Crippen molar-refractivity contribution in [3.8, 4) is 5.75 Å². The summed E-state index contributed by atoms with van der Waals surface area (Å²) in [6.07, 6.45) is 2.55. The lowest BCUT2D eigenvalue weighted by Gasteiger charge is -2.47. The van der Waals surface area contributed by atoms with Gasteiger partial charge in [-0.15, -0.1) is 0 Å². The maximum absolute atomic E-state index is 12.0. The number of Topliss-reactive ketones (excluding diaryl/α,β-unsaturated/α-hetero) is 1. The predicted molar refractivity (Wildman–Crippen MR) is 79.2 cm³/mol. The molecule has 20 heavy (non-hydrogen) atoms. The van der Waals surface area contributed by atoms with E-state index in [-0.39, 0.29) is 5.41 Å². The lowest BCUT2D eigenvalue weighted by atomic mass is 9.54. The molecule has 0 N–H and O–H groups in total. The fraction of sp³-hybridized carbons (Fsp3) is 0.588. The van der Waals surface area contributed by atoms with Crippen LogP contribution in [-0.2, 0) is 9.53 Å². The highest BCUT2D eigenvalue weighted by Crippen LogP contribution is 2.54.